The Kier molecular flexibility index (Phi) is 5.48. The van der Waals surface area contributed by atoms with Crippen molar-refractivity contribution in [2.75, 3.05) is 6.61 Å². The van der Waals surface area contributed by atoms with Gasteiger partial charge in [0.1, 0.15) is 6.10 Å². The molecule has 0 heterocycles. The number of benzene rings is 2. The van der Waals surface area contributed by atoms with Gasteiger partial charge in [-0.25, -0.2) is 0 Å². The highest BCUT2D eigenvalue weighted by atomic mass is 35.5. The fraction of sp³-hybridized carbons (Fsp3) is 0.294. The summed E-state index contributed by atoms with van der Waals surface area (Å²) < 4.78 is 11.7. The summed E-state index contributed by atoms with van der Waals surface area (Å²) >= 11 is 5.93. The standard InChI is InChI=1S/C17H20ClNO2/c1-3-20-15-6-4-5-7-16(15)21-17(12(2)19)13-8-10-14(18)11-9-13/h4-12,17H,3,19H2,1-2H3. The average molecular weight is 306 g/mol. The lowest BCUT2D eigenvalue weighted by atomic mass is 10.0. The Labute approximate surface area is 130 Å². The Bertz CT molecular complexity index is 569. The largest absolute Gasteiger partial charge is 0.490 e. The van der Waals surface area contributed by atoms with Crippen LogP contribution in [0.25, 0.3) is 0 Å². The molecule has 0 aliphatic carbocycles. The number of nitrogens with two attached hydrogens (primary N) is 1. The van der Waals surface area contributed by atoms with Gasteiger partial charge < -0.3 is 15.2 Å². The number of rotatable bonds is 6. The quantitative estimate of drug-likeness (QED) is 0.869. The van der Waals surface area contributed by atoms with E-state index in [2.05, 4.69) is 0 Å². The molecule has 0 saturated carbocycles. The molecule has 2 aromatic carbocycles. The molecule has 0 aliphatic rings. The summed E-state index contributed by atoms with van der Waals surface area (Å²) in [6.45, 7) is 4.45. The van der Waals surface area contributed by atoms with Gasteiger partial charge in [-0.3, -0.25) is 0 Å². The molecule has 0 fully saturated rings. The Balaban J connectivity index is 2.26. The van der Waals surface area contributed by atoms with Gasteiger partial charge in [0, 0.05) is 11.1 Å². The number of para-hydroxylation sites is 2. The maximum absolute atomic E-state index is 6.09. The van der Waals surface area contributed by atoms with Crippen molar-refractivity contribution in [1.82, 2.24) is 0 Å². The number of hydrogen-bond donors (Lipinski definition) is 1. The van der Waals surface area contributed by atoms with Gasteiger partial charge in [-0.1, -0.05) is 35.9 Å². The molecule has 3 nitrogen and oxygen atoms in total. The molecule has 0 spiro atoms. The highest BCUT2D eigenvalue weighted by Gasteiger charge is 2.20. The van der Waals surface area contributed by atoms with Crippen molar-refractivity contribution in [3.8, 4) is 11.5 Å². The van der Waals surface area contributed by atoms with E-state index in [-0.39, 0.29) is 12.1 Å². The predicted octanol–water partition coefficient (Wildman–Crippen LogP) is 4.21. The van der Waals surface area contributed by atoms with Crippen LogP contribution in [0.5, 0.6) is 11.5 Å². The topological polar surface area (TPSA) is 44.5 Å². The van der Waals surface area contributed by atoms with Gasteiger partial charge in [-0.05, 0) is 43.7 Å². The van der Waals surface area contributed by atoms with E-state index in [0.29, 0.717) is 17.4 Å². The number of halogens is 1. The van der Waals surface area contributed by atoms with Crippen molar-refractivity contribution < 1.29 is 9.47 Å². The molecule has 2 atom stereocenters. The minimum absolute atomic E-state index is 0.166. The highest BCUT2D eigenvalue weighted by Crippen LogP contribution is 2.32. The van der Waals surface area contributed by atoms with E-state index in [1.807, 2.05) is 62.4 Å². The predicted molar refractivity (Wildman–Crippen MR) is 86.1 cm³/mol. The van der Waals surface area contributed by atoms with Gasteiger partial charge in [0.2, 0.25) is 0 Å². The van der Waals surface area contributed by atoms with Crippen LogP contribution in [0.3, 0.4) is 0 Å². The van der Waals surface area contributed by atoms with Crippen LogP contribution in [-0.4, -0.2) is 12.6 Å². The zero-order valence-corrected chi connectivity index (χ0v) is 13.0. The molecular weight excluding hydrogens is 286 g/mol. The molecule has 2 aromatic rings. The van der Waals surface area contributed by atoms with Gasteiger partial charge in [0.15, 0.2) is 11.5 Å². The van der Waals surface area contributed by atoms with E-state index in [4.69, 9.17) is 26.8 Å². The van der Waals surface area contributed by atoms with Crippen LogP contribution >= 0.6 is 11.6 Å². The lowest BCUT2D eigenvalue weighted by Gasteiger charge is -2.24. The molecule has 2 unspecified atom stereocenters. The van der Waals surface area contributed by atoms with Crippen LogP contribution in [0.2, 0.25) is 5.02 Å². The van der Waals surface area contributed by atoms with E-state index in [1.165, 1.54) is 0 Å². The molecule has 0 radical (unpaired) electrons. The maximum Gasteiger partial charge on any atom is 0.162 e. The summed E-state index contributed by atoms with van der Waals surface area (Å²) in [6.07, 6.45) is -0.260. The monoisotopic (exact) mass is 305 g/mol. The molecule has 2 rings (SSSR count). The zero-order valence-electron chi connectivity index (χ0n) is 12.3. The molecule has 21 heavy (non-hydrogen) atoms. The van der Waals surface area contributed by atoms with E-state index in [0.717, 1.165) is 11.3 Å². The van der Waals surface area contributed by atoms with Gasteiger partial charge in [0.25, 0.3) is 0 Å². The highest BCUT2D eigenvalue weighted by molar-refractivity contribution is 6.30. The molecule has 4 heteroatoms. The summed E-state index contributed by atoms with van der Waals surface area (Å²) in [4.78, 5) is 0. The van der Waals surface area contributed by atoms with Crippen LogP contribution in [0.4, 0.5) is 0 Å². The van der Waals surface area contributed by atoms with Crippen molar-refractivity contribution in [3.63, 3.8) is 0 Å². The van der Waals surface area contributed by atoms with Crippen LogP contribution in [-0.2, 0) is 0 Å². The van der Waals surface area contributed by atoms with Crippen LogP contribution < -0.4 is 15.2 Å². The fourth-order valence-corrected chi connectivity index (χ4v) is 2.22. The van der Waals surface area contributed by atoms with E-state index in [1.54, 1.807) is 0 Å². The number of ether oxygens (including phenoxy) is 2. The smallest absolute Gasteiger partial charge is 0.162 e. The van der Waals surface area contributed by atoms with Gasteiger partial charge in [0.05, 0.1) is 6.61 Å². The Morgan fingerprint density at radius 3 is 2.24 bits per heavy atom. The molecule has 0 aliphatic heterocycles. The first-order chi connectivity index (χ1) is 10.1. The van der Waals surface area contributed by atoms with Gasteiger partial charge in [-0.2, -0.15) is 0 Å². The molecule has 2 N–H and O–H groups in total. The third-order valence-electron chi connectivity index (χ3n) is 3.08. The minimum atomic E-state index is -0.260. The molecule has 0 aromatic heterocycles. The molecule has 112 valence electrons. The Morgan fingerprint density at radius 1 is 1.05 bits per heavy atom. The fourth-order valence-electron chi connectivity index (χ4n) is 2.09. The SMILES string of the molecule is CCOc1ccccc1OC(c1ccc(Cl)cc1)C(C)N. The van der Waals surface area contributed by atoms with E-state index >= 15 is 0 Å². The summed E-state index contributed by atoms with van der Waals surface area (Å²) in [5.41, 5.74) is 7.07. The van der Waals surface area contributed by atoms with Crippen molar-refractivity contribution in [2.45, 2.75) is 26.0 Å². The van der Waals surface area contributed by atoms with Crippen LogP contribution in [0.1, 0.15) is 25.5 Å². The minimum Gasteiger partial charge on any atom is -0.490 e. The average Bonchev–Trinajstić information content (AvgIpc) is 2.47. The lowest BCUT2D eigenvalue weighted by Crippen LogP contribution is -2.29. The second kappa shape index (κ2) is 7.34. The summed E-state index contributed by atoms with van der Waals surface area (Å²) in [6, 6.07) is 15.0. The Hall–Kier alpha value is -1.71. The number of hydrogen-bond acceptors (Lipinski definition) is 3. The third-order valence-corrected chi connectivity index (χ3v) is 3.33. The normalized spacial score (nSPS) is 13.5. The summed E-state index contributed by atoms with van der Waals surface area (Å²) in [5.74, 6) is 1.41. The summed E-state index contributed by atoms with van der Waals surface area (Å²) in [7, 11) is 0. The second-order valence-electron chi connectivity index (χ2n) is 4.83. The molecule has 0 bridgehead atoms. The van der Waals surface area contributed by atoms with Crippen LogP contribution in [0, 0.1) is 0 Å². The van der Waals surface area contributed by atoms with Gasteiger partial charge in [-0.15, -0.1) is 0 Å². The molecule has 0 amide bonds. The molecular formula is C17H20ClNO2. The second-order valence-corrected chi connectivity index (χ2v) is 5.27. The lowest BCUT2D eigenvalue weighted by molar-refractivity contribution is 0.170. The van der Waals surface area contributed by atoms with Crippen molar-refractivity contribution in [1.29, 1.82) is 0 Å². The van der Waals surface area contributed by atoms with Crippen LogP contribution in [0.15, 0.2) is 48.5 Å². The first-order valence-electron chi connectivity index (χ1n) is 7.01. The Morgan fingerprint density at radius 2 is 1.67 bits per heavy atom. The van der Waals surface area contributed by atoms with Crippen molar-refractivity contribution >= 4 is 11.6 Å². The zero-order chi connectivity index (χ0) is 15.2. The third kappa shape index (κ3) is 4.13. The first kappa shape index (κ1) is 15.7. The maximum atomic E-state index is 6.09. The van der Waals surface area contributed by atoms with Crippen molar-refractivity contribution in [3.05, 3.63) is 59.1 Å². The van der Waals surface area contributed by atoms with E-state index < -0.39 is 0 Å². The summed E-state index contributed by atoms with van der Waals surface area (Å²) in [5, 5.41) is 0.692. The first-order valence-corrected chi connectivity index (χ1v) is 7.39. The van der Waals surface area contributed by atoms with E-state index in [9.17, 15) is 0 Å². The van der Waals surface area contributed by atoms with Crippen molar-refractivity contribution in [2.24, 2.45) is 5.73 Å². The van der Waals surface area contributed by atoms with Gasteiger partial charge >= 0.3 is 0 Å². The molecule has 0 saturated heterocycles.